The highest BCUT2D eigenvalue weighted by Crippen LogP contribution is 2.24. The van der Waals surface area contributed by atoms with Crippen molar-refractivity contribution >= 4 is 16.6 Å². The number of nitriles is 1. The van der Waals surface area contributed by atoms with Crippen molar-refractivity contribution in [1.29, 1.82) is 5.26 Å². The molecule has 0 saturated heterocycles. The minimum Gasteiger partial charge on any atom is -0.511 e. The average Bonchev–Trinajstić information content (AvgIpc) is 2.84. The van der Waals surface area contributed by atoms with E-state index in [-0.39, 0.29) is 11.3 Å². The molecule has 0 atom stereocenters. The molecule has 0 unspecified atom stereocenters. The van der Waals surface area contributed by atoms with Gasteiger partial charge in [0.15, 0.2) is 5.82 Å². The van der Waals surface area contributed by atoms with Crippen LogP contribution in [-0.4, -0.2) is 14.7 Å². The molecule has 2 aromatic rings. The van der Waals surface area contributed by atoms with Crippen LogP contribution in [0, 0.1) is 11.3 Å². The average molecular weight is 269 g/mol. The Balaban J connectivity index is 2.58. The Labute approximate surface area is 119 Å². The van der Waals surface area contributed by atoms with Crippen LogP contribution in [0.3, 0.4) is 0 Å². The van der Waals surface area contributed by atoms with Gasteiger partial charge in [-0.3, -0.25) is 0 Å². The summed E-state index contributed by atoms with van der Waals surface area (Å²) in [4.78, 5) is 4.51. The second-order valence-electron chi connectivity index (χ2n) is 4.71. The zero-order valence-corrected chi connectivity index (χ0v) is 11.9. The summed E-state index contributed by atoms with van der Waals surface area (Å²) in [6.07, 6.45) is 2.36. The molecule has 2 rings (SSSR count). The predicted octanol–water partition coefficient (Wildman–Crippen LogP) is 4.04. The van der Waals surface area contributed by atoms with Crippen molar-refractivity contribution < 1.29 is 5.11 Å². The Morgan fingerprint density at radius 2 is 2.10 bits per heavy atom. The Morgan fingerprint density at radius 1 is 1.35 bits per heavy atom. The summed E-state index contributed by atoms with van der Waals surface area (Å²) in [6.45, 7) is 4.78. The number of hydrogen-bond acceptors (Lipinski definition) is 3. The molecule has 0 aliphatic carbocycles. The maximum atomic E-state index is 10.1. The molecule has 1 aromatic carbocycles. The number of fused-ring (bicyclic) bond motifs is 1. The highest BCUT2D eigenvalue weighted by atomic mass is 16.3. The number of para-hydroxylation sites is 2. The number of nitrogens with zero attached hydrogens (tertiary/aromatic N) is 3. The lowest BCUT2D eigenvalue weighted by atomic mass is 10.1. The molecule has 1 aromatic heterocycles. The van der Waals surface area contributed by atoms with Gasteiger partial charge in [0.05, 0.1) is 11.0 Å². The molecule has 20 heavy (non-hydrogen) atoms. The number of benzene rings is 1. The highest BCUT2D eigenvalue weighted by molar-refractivity contribution is 5.83. The van der Waals surface area contributed by atoms with Crippen LogP contribution in [0.25, 0.3) is 16.6 Å². The molecule has 1 heterocycles. The topological polar surface area (TPSA) is 61.8 Å². The van der Waals surface area contributed by atoms with Gasteiger partial charge in [-0.25, -0.2) is 4.98 Å². The molecule has 0 saturated carbocycles. The molecule has 4 heteroatoms. The number of allylic oxidation sites excluding steroid dienone is 2. The van der Waals surface area contributed by atoms with Crippen LogP contribution in [0.4, 0.5) is 0 Å². The third-order valence-electron chi connectivity index (χ3n) is 3.36. The van der Waals surface area contributed by atoms with Gasteiger partial charge in [0.2, 0.25) is 0 Å². The van der Waals surface area contributed by atoms with Crippen LogP contribution in [-0.2, 0) is 6.54 Å². The third-order valence-corrected chi connectivity index (χ3v) is 3.36. The number of aryl methyl sites for hydroxylation is 1. The monoisotopic (exact) mass is 269 g/mol. The van der Waals surface area contributed by atoms with Crippen molar-refractivity contribution in [2.24, 2.45) is 0 Å². The zero-order chi connectivity index (χ0) is 14.5. The lowest BCUT2D eigenvalue weighted by Gasteiger charge is -2.07. The fourth-order valence-electron chi connectivity index (χ4n) is 2.30. The SMILES string of the molecule is CCCC/C(O)=C(\C#N)c1nc2ccccc2n1CC. The number of aliphatic hydroxyl groups excluding tert-OH is 1. The van der Waals surface area contributed by atoms with Gasteiger partial charge in [0, 0.05) is 13.0 Å². The van der Waals surface area contributed by atoms with E-state index in [0.717, 1.165) is 23.9 Å². The number of unbranched alkanes of at least 4 members (excludes halogenated alkanes) is 1. The van der Waals surface area contributed by atoms with E-state index in [9.17, 15) is 10.4 Å². The minimum absolute atomic E-state index is 0.138. The number of imidazole rings is 1. The van der Waals surface area contributed by atoms with Crippen LogP contribution in [0.15, 0.2) is 30.0 Å². The Kier molecular flexibility index (Phi) is 4.41. The van der Waals surface area contributed by atoms with E-state index in [1.165, 1.54) is 0 Å². The maximum absolute atomic E-state index is 10.1. The van der Waals surface area contributed by atoms with Crippen LogP contribution < -0.4 is 0 Å². The van der Waals surface area contributed by atoms with Crippen LogP contribution in [0.2, 0.25) is 0 Å². The fraction of sp³-hybridized carbons (Fsp3) is 0.375. The second-order valence-corrected chi connectivity index (χ2v) is 4.71. The van der Waals surface area contributed by atoms with Gasteiger partial charge >= 0.3 is 0 Å². The molecule has 0 amide bonds. The lowest BCUT2D eigenvalue weighted by Crippen LogP contribution is -2.02. The first-order valence-corrected chi connectivity index (χ1v) is 7.00. The maximum Gasteiger partial charge on any atom is 0.155 e. The van der Waals surface area contributed by atoms with E-state index < -0.39 is 0 Å². The van der Waals surface area contributed by atoms with E-state index in [2.05, 4.69) is 18.0 Å². The summed E-state index contributed by atoms with van der Waals surface area (Å²) < 4.78 is 1.97. The molecule has 0 bridgehead atoms. The molecule has 0 fully saturated rings. The Hall–Kier alpha value is -2.28. The first-order valence-electron chi connectivity index (χ1n) is 7.00. The quantitative estimate of drug-likeness (QED) is 0.658. The number of aromatic nitrogens is 2. The smallest absolute Gasteiger partial charge is 0.155 e. The Morgan fingerprint density at radius 3 is 2.75 bits per heavy atom. The largest absolute Gasteiger partial charge is 0.511 e. The zero-order valence-electron chi connectivity index (χ0n) is 11.9. The summed E-state index contributed by atoms with van der Waals surface area (Å²) in [6, 6.07) is 9.88. The van der Waals surface area contributed by atoms with Crippen LogP contribution >= 0.6 is 0 Å². The molecule has 0 aliphatic rings. The highest BCUT2D eigenvalue weighted by Gasteiger charge is 2.16. The van der Waals surface area contributed by atoms with Gasteiger partial charge < -0.3 is 9.67 Å². The summed E-state index contributed by atoms with van der Waals surface area (Å²) in [7, 11) is 0. The summed E-state index contributed by atoms with van der Waals surface area (Å²) in [5.74, 6) is 0.698. The lowest BCUT2D eigenvalue weighted by molar-refractivity contribution is 0.386. The number of hydrogen-bond donors (Lipinski definition) is 1. The second kappa shape index (κ2) is 6.25. The van der Waals surface area contributed by atoms with Crippen LogP contribution in [0.5, 0.6) is 0 Å². The molecule has 104 valence electrons. The number of aliphatic hydroxyl groups is 1. The van der Waals surface area contributed by atoms with E-state index >= 15 is 0 Å². The molecule has 4 nitrogen and oxygen atoms in total. The van der Waals surface area contributed by atoms with Gasteiger partial charge in [-0.1, -0.05) is 25.5 Å². The van der Waals surface area contributed by atoms with Crippen molar-refractivity contribution in [3.05, 3.63) is 35.8 Å². The van der Waals surface area contributed by atoms with E-state index in [1.54, 1.807) is 0 Å². The molecular weight excluding hydrogens is 250 g/mol. The summed E-state index contributed by atoms with van der Waals surface area (Å²) >= 11 is 0. The van der Waals surface area contributed by atoms with Gasteiger partial charge in [0.25, 0.3) is 0 Å². The van der Waals surface area contributed by atoms with Crippen molar-refractivity contribution in [1.82, 2.24) is 9.55 Å². The van der Waals surface area contributed by atoms with E-state index in [1.807, 2.05) is 35.8 Å². The molecule has 0 spiro atoms. The summed E-state index contributed by atoms with van der Waals surface area (Å²) in [5, 5.41) is 19.5. The van der Waals surface area contributed by atoms with Gasteiger partial charge in [-0.15, -0.1) is 0 Å². The van der Waals surface area contributed by atoms with Gasteiger partial charge in [0.1, 0.15) is 17.4 Å². The summed E-state index contributed by atoms with van der Waals surface area (Å²) in [5.41, 5.74) is 2.12. The predicted molar refractivity (Wildman–Crippen MR) is 80.1 cm³/mol. The molecule has 0 aliphatic heterocycles. The fourth-order valence-corrected chi connectivity index (χ4v) is 2.30. The van der Waals surface area contributed by atoms with Crippen molar-refractivity contribution in [3.8, 4) is 6.07 Å². The first-order chi connectivity index (χ1) is 9.72. The molecule has 1 N–H and O–H groups in total. The van der Waals surface area contributed by atoms with Crippen molar-refractivity contribution in [2.75, 3.05) is 0 Å². The molecule has 0 radical (unpaired) electrons. The third kappa shape index (κ3) is 2.53. The normalized spacial score (nSPS) is 12.2. The van der Waals surface area contributed by atoms with Crippen LogP contribution in [0.1, 0.15) is 38.9 Å². The van der Waals surface area contributed by atoms with Gasteiger partial charge in [-0.2, -0.15) is 5.26 Å². The Bertz CT molecular complexity index is 677. The van der Waals surface area contributed by atoms with E-state index in [0.29, 0.717) is 18.8 Å². The number of rotatable bonds is 5. The van der Waals surface area contributed by atoms with Crippen molar-refractivity contribution in [2.45, 2.75) is 39.7 Å². The van der Waals surface area contributed by atoms with Crippen molar-refractivity contribution in [3.63, 3.8) is 0 Å². The minimum atomic E-state index is 0.138. The first kappa shape index (κ1) is 14.1. The van der Waals surface area contributed by atoms with E-state index in [4.69, 9.17) is 0 Å². The van der Waals surface area contributed by atoms with Gasteiger partial charge in [-0.05, 0) is 25.5 Å². The standard InChI is InChI=1S/C16H19N3O/c1-3-5-10-15(20)12(11-17)16-18-13-8-6-7-9-14(13)19(16)4-2/h6-9,20H,3-5,10H2,1-2H3/b15-12-. The molecular formula is C16H19N3O.